The molecule has 150 valence electrons. The number of piperidine rings is 1. The molecule has 0 saturated carbocycles. The quantitative estimate of drug-likeness (QED) is 0.561. The van der Waals surface area contributed by atoms with Crippen LogP contribution in [-0.4, -0.2) is 34.4 Å². The molecule has 0 radical (unpaired) electrons. The molecule has 3 heterocycles. The Kier molecular flexibility index (Phi) is 5.99. The lowest BCUT2D eigenvalue weighted by atomic mass is 9.85. The molecule has 2 aliphatic heterocycles. The Hall–Kier alpha value is -1.51. The Morgan fingerprint density at radius 3 is 3.00 bits per heavy atom. The first kappa shape index (κ1) is 19.8. The van der Waals surface area contributed by atoms with Gasteiger partial charge < -0.3 is 15.7 Å². The number of hydrogen-bond acceptors (Lipinski definition) is 3. The molecule has 4 rings (SSSR count). The molecule has 5 nitrogen and oxygen atoms in total. The summed E-state index contributed by atoms with van der Waals surface area (Å²) < 4.78 is 3.51. The second-order valence-electron chi connectivity index (χ2n) is 8.32. The van der Waals surface area contributed by atoms with Crippen molar-refractivity contribution in [3.8, 4) is 11.3 Å². The van der Waals surface area contributed by atoms with Crippen LogP contribution in [0.25, 0.3) is 17.3 Å². The van der Waals surface area contributed by atoms with Gasteiger partial charge >= 0.3 is 0 Å². The van der Waals surface area contributed by atoms with E-state index in [1.54, 1.807) is 0 Å². The van der Waals surface area contributed by atoms with Crippen LogP contribution >= 0.6 is 20.7 Å². The van der Waals surface area contributed by atoms with Crippen molar-refractivity contribution in [1.82, 2.24) is 10.2 Å². The average molecular weight is 493 g/mol. The van der Waals surface area contributed by atoms with Crippen LogP contribution in [0.2, 0.25) is 0 Å². The maximum absolute atomic E-state index is 9.86. The summed E-state index contributed by atoms with van der Waals surface area (Å²) in [6.45, 7) is 6.70. The highest BCUT2D eigenvalue weighted by molar-refractivity contribution is 14.2. The number of nitrogens with one attached hydrogen (secondary N) is 1. The van der Waals surface area contributed by atoms with E-state index < -0.39 is 0 Å². The predicted octanol–water partition coefficient (Wildman–Crippen LogP) is 2.58. The Morgan fingerprint density at radius 1 is 1.36 bits per heavy atom. The minimum absolute atomic E-state index is 0.0468. The van der Waals surface area contributed by atoms with Crippen LogP contribution in [0, 0.1) is 15.1 Å². The molecular weight excluding hydrogens is 463 g/mol. The first-order chi connectivity index (χ1) is 13.5. The lowest BCUT2D eigenvalue weighted by Crippen LogP contribution is -2.68. The van der Waals surface area contributed by atoms with Crippen LogP contribution in [-0.2, 0) is 6.61 Å². The summed E-state index contributed by atoms with van der Waals surface area (Å²) >= 11 is -0.125. The van der Waals surface area contributed by atoms with Gasteiger partial charge in [0, 0.05) is 41.9 Å². The van der Waals surface area contributed by atoms with Gasteiger partial charge in [-0.3, -0.25) is 5.10 Å². The maximum atomic E-state index is 9.86. The van der Waals surface area contributed by atoms with Crippen molar-refractivity contribution in [2.75, 3.05) is 18.0 Å². The van der Waals surface area contributed by atoms with Gasteiger partial charge in [0.15, 0.2) is 0 Å². The molecule has 2 atom stereocenters. The number of quaternary nitrogens is 1. The third-order valence-electron chi connectivity index (χ3n) is 5.73. The summed E-state index contributed by atoms with van der Waals surface area (Å²) in [6.07, 6.45) is 6.63. The Morgan fingerprint density at radius 2 is 2.21 bits per heavy atom. The van der Waals surface area contributed by atoms with Crippen LogP contribution < -0.4 is 15.9 Å². The fourth-order valence-corrected chi connectivity index (χ4v) is 6.09. The van der Waals surface area contributed by atoms with E-state index in [1.165, 1.54) is 20.6 Å². The molecule has 0 spiro atoms. The van der Waals surface area contributed by atoms with Crippen molar-refractivity contribution in [1.29, 1.82) is 0 Å². The van der Waals surface area contributed by atoms with Gasteiger partial charge in [0.05, 0.1) is 15.9 Å². The van der Waals surface area contributed by atoms with Crippen LogP contribution in [0.4, 0.5) is 5.69 Å². The van der Waals surface area contributed by atoms with Crippen molar-refractivity contribution >= 4 is 32.5 Å². The van der Waals surface area contributed by atoms with E-state index >= 15 is 0 Å². The number of aromatic amines is 1. The summed E-state index contributed by atoms with van der Waals surface area (Å²) in [5.41, 5.74) is 8.64. The number of halogens is 1. The Labute approximate surface area is 176 Å². The second-order valence-corrected chi connectivity index (χ2v) is 10.7. The van der Waals surface area contributed by atoms with Crippen LogP contribution in [0.1, 0.15) is 32.3 Å². The van der Waals surface area contributed by atoms with Gasteiger partial charge in [-0.1, -0.05) is 40.7 Å². The molecule has 0 bridgehead atoms. The first-order valence-corrected chi connectivity index (χ1v) is 12.4. The number of H-pyrrole nitrogens is 1. The summed E-state index contributed by atoms with van der Waals surface area (Å²) in [5, 5.41) is 18.9. The number of rotatable bonds is 5. The smallest absolute Gasteiger partial charge is 0.100 e. The molecule has 28 heavy (non-hydrogen) atoms. The molecule has 0 amide bonds. The summed E-state index contributed by atoms with van der Waals surface area (Å²) in [6, 6.07) is 6.98. The molecule has 1 aromatic carbocycles. The maximum Gasteiger partial charge on any atom is 0.100 e. The third-order valence-corrected chi connectivity index (χ3v) is 7.95. The molecule has 2 unspecified atom stereocenters. The minimum Gasteiger partial charge on any atom is -0.392 e. The third kappa shape index (κ3) is 4.09. The molecule has 1 fully saturated rings. The van der Waals surface area contributed by atoms with Crippen molar-refractivity contribution < 1.29 is 10.8 Å². The summed E-state index contributed by atoms with van der Waals surface area (Å²) in [4.78, 5) is 2.48. The Balaban J connectivity index is 1.70. The standard InChI is InChI=1S/C22H29IN4O/c1-14(2)8-17-12-27(7-5-20(17)24)18-10-15(13-28)9-16(11-18)21-19-4-3-6-23-22(19)26-25-21/h3-4,6,9-11,14,17,20,28H,5,7-8,12-13,24H2,1-2H3,(H,25,26)/p+1. The minimum atomic E-state index is -0.125. The Bertz CT molecular complexity index is 994. The monoisotopic (exact) mass is 493 g/mol. The number of aliphatic hydroxyl groups excluding tert-OH is 1. The van der Waals surface area contributed by atoms with Gasteiger partial charge in [0.25, 0.3) is 0 Å². The van der Waals surface area contributed by atoms with Crippen LogP contribution in [0.15, 0.2) is 28.4 Å². The number of aromatic nitrogens is 2. The van der Waals surface area contributed by atoms with E-state index in [1.807, 2.05) is 0 Å². The van der Waals surface area contributed by atoms with E-state index in [0.717, 1.165) is 36.3 Å². The van der Waals surface area contributed by atoms with E-state index in [-0.39, 0.29) is 27.3 Å². The average Bonchev–Trinajstić information content (AvgIpc) is 3.13. The zero-order valence-electron chi connectivity index (χ0n) is 16.7. The number of anilines is 1. The zero-order chi connectivity index (χ0) is 19.7. The van der Waals surface area contributed by atoms with Gasteiger partial charge in [-0.15, -0.1) is 0 Å². The SMILES string of the molecule is CC(C)CC1CN(c2cc(CO)cc(-c3n[nH]c4c3=CC=CI=4)c2)CCC1[NH3+]. The number of aliphatic hydroxyl groups is 1. The lowest BCUT2D eigenvalue weighted by Gasteiger charge is -2.37. The van der Waals surface area contributed by atoms with Crippen molar-refractivity contribution in [3.63, 3.8) is 0 Å². The largest absolute Gasteiger partial charge is 0.392 e. The normalized spacial score (nSPS) is 21.7. The van der Waals surface area contributed by atoms with Crippen molar-refractivity contribution in [2.45, 2.75) is 39.3 Å². The molecule has 0 aliphatic carbocycles. The predicted molar refractivity (Wildman–Crippen MR) is 122 cm³/mol. The highest BCUT2D eigenvalue weighted by Crippen LogP contribution is 2.30. The lowest BCUT2D eigenvalue weighted by molar-refractivity contribution is -0.436. The van der Waals surface area contributed by atoms with E-state index in [9.17, 15) is 5.11 Å². The van der Waals surface area contributed by atoms with Crippen LogP contribution in [0.5, 0.6) is 0 Å². The van der Waals surface area contributed by atoms with Crippen LogP contribution in [0.3, 0.4) is 0 Å². The number of hydrogen-bond donors (Lipinski definition) is 3. The highest BCUT2D eigenvalue weighted by atomic mass is 127. The fraction of sp³-hybridized carbons (Fsp3) is 0.455. The van der Waals surface area contributed by atoms with Gasteiger partial charge in [-0.25, -0.2) is 0 Å². The van der Waals surface area contributed by atoms with Gasteiger partial charge in [0.2, 0.25) is 0 Å². The number of benzene rings is 1. The van der Waals surface area contributed by atoms with Crippen molar-refractivity contribution in [2.24, 2.45) is 11.8 Å². The van der Waals surface area contributed by atoms with Gasteiger partial charge in [-0.05, 0) is 46.3 Å². The number of nitrogens with zero attached hydrogens (tertiary/aromatic N) is 2. The van der Waals surface area contributed by atoms with E-state index in [0.29, 0.717) is 17.9 Å². The van der Waals surface area contributed by atoms with Gasteiger partial charge in [-0.2, -0.15) is 5.10 Å². The molecule has 2 aromatic rings. The molecule has 5 N–H and O–H groups in total. The fourth-order valence-electron chi connectivity index (χ4n) is 4.29. The number of allylic oxidation sites excluding steroid dienone is 1. The highest BCUT2D eigenvalue weighted by Gasteiger charge is 2.30. The first-order valence-electron chi connectivity index (χ1n) is 10.1. The molecular formula is C22H30IN4O+. The van der Waals surface area contributed by atoms with Gasteiger partial charge in [0.1, 0.15) is 5.69 Å². The van der Waals surface area contributed by atoms with Crippen molar-refractivity contribution in [3.05, 3.63) is 42.4 Å². The topological polar surface area (TPSA) is 79.8 Å². The molecule has 1 saturated heterocycles. The molecule has 2 aliphatic rings. The summed E-state index contributed by atoms with van der Waals surface area (Å²) in [5.74, 6) is 1.31. The number of fused-ring (bicyclic) bond motifs is 1. The zero-order valence-corrected chi connectivity index (χ0v) is 18.8. The molecule has 6 heteroatoms. The summed E-state index contributed by atoms with van der Waals surface area (Å²) in [7, 11) is 0. The molecule has 1 aromatic heterocycles. The second kappa shape index (κ2) is 8.47. The van der Waals surface area contributed by atoms with E-state index in [2.05, 4.69) is 69.1 Å². The van der Waals surface area contributed by atoms with E-state index in [4.69, 9.17) is 0 Å².